The molecular formula is C9H17NO3. The van der Waals surface area contributed by atoms with Crippen molar-refractivity contribution < 1.29 is 14.3 Å². The fourth-order valence-electron chi connectivity index (χ4n) is 1.01. The molecule has 0 fully saturated rings. The van der Waals surface area contributed by atoms with Crippen LogP contribution in [0.5, 0.6) is 0 Å². The monoisotopic (exact) mass is 187 g/mol. The van der Waals surface area contributed by atoms with Gasteiger partial charge >= 0.3 is 11.9 Å². The summed E-state index contributed by atoms with van der Waals surface area (Å²) in [7, 11) is 1.21. The van der Waals surface area contributed by atoms with Crippen LogP contribution in [0.3, 0.4) is 0 Å². The van der Waals surface area contributed by atoms with Crippen molar-refractivity contribution in [2.75, 3.05) is 20.2 Å². The molecule has 0 aromatic rings. The standard InChI is InChI=1S/C9H17NO3/c1-5-10(6-7(2)3)8(11)9(12)13-4/h7H,5-6H2,1-4H3. The minimum atomic E-state index is -0.789. The predicted molar refractivity (Wildman–Crippen MR) is 49.1 cm³/mol. The van der Waals surface area contributed by atoms with Crippen LogP contribution in [0.25, 0.3) is 0 Å². The Morgan fingerprint density at radius 3 is 2.23 bits per heavy atom. The van der Waals surface area contributed by atoms with E-state index in [1.807, 2.05) is 20.8 Å². The van der Waals surface area contributed by atoms with E-state index in [9.17, 15) is 9.59 Å². The van der Waals surface area contributed by atoms with Crippen molar-refractivity contribution >= 4 is 11.9 Å². The Balaban J connectivity index is 4.23. The Bertz CT molecular complexity index is 189. The zero-order valence-electron chi connectivity index (χ0n) is 8.66. The molecule has 13 heavy (non-hydrogen) atoms. The maximum atomic E-state index is 11.3. The van der Waals surface area contributed by atoms with Crippen molar-refractivity contribution in [1.82, 2.24) is 4.90 Å². The summed E-state index contributed by atoms with van der Waals surface area (Å²) in [4.78, 5) is 23.7. The smallest absolute Gasteiger partial charge is 0.396 e. The molecule has 0 N–H and O–H groups in total. The topological polar surface area (TPSA) is 46.6 Å². The van der Waals surface area contributed by atoms with E-state index in [1.54, 1.807) is 0 Å². The molecule has 0 aromatic heterocycles. The zero-order chi connectivity index (χ0) is 10.4. The summed E-state index contributed by atoms with van der Waals surface area (Å²) in [5.41, 5.74) is 0. The van der Waals surface area contributed by atoms with Crippen molar-refractivity contribution in [2.45, 2.75) is 20.8 Å². The number of likely N-dealkylation sites (N-methyl/N-ethyl adjacent to an activating group) is 1. The van der Waals surface area contributed by atoms with Crippen molar-refractivity contribution in [2.24, 2.45) is 5.92 Å². The number of hydrogen-bond acceptors (Lipinski definition) is 3. The van der Waals surface area contributed by atoms with Gasteiger partial charge in [-0.25, -0.2) is 4.79 Å². The summed E-state index contributed by atoms with van der Waals surface area (Å²) in [6.45, 7) is 6.94. The summed E-state index contributed by atoms with van der Waals surface area (Å²) in [6, 6.07) is 0. The van der Waals surface area contributed by atoms with Gasteiger partial charge in [-0.3, -0.25) is 4.79 Å². The molecule has 0 aliphatic heterocycles. The second-order valence-electron chi connectivity index (χ2n) is 3.23. The molecule has 0 saturated carbocycles. The summed E-state index contributed by atoms with van der Waals surface area (Å²) >= 11 is 0. The number of rotatable bonds is 3. The van der Waals surface area contributed by atoms with E-state index in [-0.39, 0.29) is 0 Å². The van der Waals surface area contributed by atoms with Gasteiger partial charge in [0.05, 0.1) is 7.11 Å². The van der Waals surface area contributed by atoms with Crippen LogP contribution >= 0.6 is 0 Å². The maximum Gasteiger partial charge on any atom is 0.396 e. The van der Waals surface area contributed by atoms with Crippen LogP contribution in [-0.4, -0.2) is 37.0 Å². The fraction of sp³-hybridized carbons (Fsp3) is 0.778. The molecule has 0 atom stereocenters. The van der Waals surface area contributed by atoms with Crippen molar-refractivity contribution in [3.8, 4) is 0 Å². The number of ether oxygens (including phenoxy) is 1. The molecular weight excluding hydrogens is 170 g/mol. The lowest BCUT2D eigenvalue weighted by molar-refractivity contribution is -0.158. The maximum absolute atomic E-state index is 11.3. The van der Waals surface area contributed by atoms with E-state index < -0.39 is 11.9 Å². The van der Waals surface area contributed by atoms with Crippen LogP contribution in [-0.2, 0) is 14.3 Å². The van der Waals surface area contributed by atoms with Gasteiger partial charge in [0.25, 0.3) is 0 Å². The lowest BCUT2D eigenvalue weighted by Crippen LogP contribution is -2.39. The van der Waals surface area contributed by atoms with Gasteiger partial charge in [0, 0.05) is 13.1 Å². The first kappa shape index (κ1) is 11.9. The molecule has 4 heteroatoms. The Morgan fingerprint density at radius 2 is 1.92 bits per heavy atom. The van der Waals surface area contributed by atoms with Gasteiger partial charge in [0.1, 0.15) is 0 Å². The Morgan fingerprint density at radius 1 is 1.38 bits per heavy atom. The second kappa shape index (κ2) is 5.56. The average Bonchev–Trinajstić information content (AvgIpc) is 2.11. The van der Waals surface area contributed by atoms with Crippen molar-refractivity contribution in [3.05, 3.63) is 0 Å². The molecule has 0 radical (unpaired) electrons. The Hall–Kier alpha value is -1.06. The van der Waals surface area contributed by atoms with E-state index in [0.29, 0.717) is 19.0 Å². The average molecular weight is 187 g/mol. The first-order chi connectivity index (χ1) is 6.02. The van der Waals surface area contributed by atoms with Gasteiger partial charge in [-0.15, -0.1) is 0 Å². The molecule has 1 amide bonds. The van der Waals surface area contributed by atoms with Crippen LogP contribution < -0.4 is 0 Å². The molecule has 0 unspecified atom stereocenters. The molecule has 0 saturated heterocycles. The van der Waals surface area contributed by atoms with Crippen LogP contribution in [0.4, 0.5) is 0 Å². The highest BCUT2D eigenvalue weighted by molar-refractivity contribution is 6.32. The number of carbonyl (C=O) groups excluding carboxylic acids is 2. The molecule has 0 spiro atoms. The zero-order valence-corrected chi connectivity index (χ0v) is 8.66. The summed E-state index contributed by atoms with van der Waals surface area (Å²) in [5, 5.41) is 0. The number of carbonyl (C=O) groups is 2. The predicted octanol–water partition coefficient (Wildman–Crippen LogP) is 0.664. The molecule has 0 aliphatic rings. The Kier molecular flexibility index (Phi) is 5.11. The second-order valence-corrected chi connectivity index (χ2v) is 3.23. The third-order valence-electron chi connectivity index (χ3n) is 1.61. The molecule has 4 nitrogen and oxygen atoms in total. The lowest BCUT2D eigenvalue weighted by atomic mass is 10.2. The minimum absolute atomic E-state index is 0.355. The number of methoxy groups -OCH3 is 1. The normalized spacial score (nSPS) is 9.92. The first-order valence-electron chi connectivity index (χ1n) is 4.40. The third kappa shape index (κ3) is 3.92. The summed E-state index contributed by atoms with van der Waals surface area (Å²) < 4.78 is 4.35. The van der Waals surface area contributed by atoms with Gasteiger partial charge in [-0.2, -0.15) is 0 Å². The van der Waals surface area contributed by atoms with Gasteiger partial charge in [0.15, 0.2) is 0 Å². The lowest BCUT2D eigenvalue weighted by Gasteiger charge is -2.21. The number of nitrogens with zero attached hydrogens (tertiary/aromatic N) is 1. The van der Waals surface area contributed by atoms with Crippen LogP contribution in [0.2, 0.25) is 0 Å². The quantitative estimate of drug-likeness (QED) is 0.482. The highest BCUT2D eigenvalue weighted by Gasteiger charge is 2.21. The van der Waals surface area contributed by atoms with Crippen LogP contribution in [0, 0.1) is 5.92 Å². The summed E-state index contributed by atoms with van der Waals surface area (Å²) in [6.07, 6.45) is 0. The van der Waals surface area contributed by atoms with E-state index in [4.69, 9.17) is 0 Å². The molecule has 0 aliphatic carbocycles. The molecule has 0 aromatic carbocycles. The van der Waals surface area contributed by atoms with Gasteiger partial charge in [-0.1, -0.05) is 13.8 Å². The first-order valence-corrected chi connectivity index (χ1v) is 4.40. The number of esters is 1. The van der Waals surface area contributed by atoms with E-state index in [2.05, 4.69) is 4.74 Å². The van der Waals surface area contributed by atoms with E-state index >= 15 is 0 Å². The van der Waals surface area contributed by atoms with E-state index in [1.165, 1.54) is 12.0 Å². The van der Waals surface area contributed by atoms with Crippen LogP contribution in [0.1, 0.15) is 20.8 Å². The fourth-order valence-corrected chi connectivity index (χ4v) is 1.01. The summed E-state index contributed by atoms with van der Waals surface area (Å²) in [5.74, 6) is -0.991. The van der Waals surface area contributed by atoms with Gasteiger partial charge in [-0.05, 0) is 12.8 Å². The van der Waals surface area contributed by atoms with Gasteiger partial charge < -0.3 is 9.64 Å². The Labute approximate surface area is 78.9 Å². The molecule has 0 bridgehead atoms. The number of amides is 1. The van der Waals surface area contributed by atoms with Crippen LogP contribution in [0.15, 0.2) is 0 Å². The highest BCUT2D eigenvalue weighted by Crippen LogP contribution is 1.99. The molecule has 76 valence electrons. The third-order valence-corrected chi connectivity index (χ3v) is 1.61. The highest BCUT2D eigenvalue weighted by atomic mass is 16.5. The van der Waals surface area contributed by atoms with Crippen molar-refractivity contribution in [1.29, 1.82) is 0 Å². The SMILES string of the molecule is CCN(CC(C)C)C(=O)C(=O)OC. The molecule has 0 heterocycles. The number of hydrogen-bond donors (Lipinski definition) is 0. The van der Waals surface area contributed by atoms with E-state index in [0.717, 1.165) is 0 Å². The molecule has 0 rings (SSSR count). The van der Waals surface area contributed by atoms with Crippen molar-refractivity contribution in [3.63, 3.8) is 0 Å². The van der Waals surface area contributed by atoms with Gasteiger partial charge in [0.2, 0.25) is 0 Å². The largest absolute Gasteiger partial charge is 0.462 e. The minimum Gasteiger partial charge on any atom is -0.462 e.